The Morgan fingerprint density at radius 2 is 1.50 bits per heavy atom. The molecule has 32 heavy (non-hydrogen) atoms. The van der Waals surface area contributed by atoms with Crippen LogP contribution in [0.2, 0.25) is 0 Å². The van der Waals surface area contributed by atoms with Crippen LogP contribution < -0.4 is 16.2 Å². The number of fused-ring (bicyclic) bond motifs is 3. The lowest BCUT2D eigenvalue weighted by molar-refractivity contribution is -0.147. The molecule has 1 aliphatic carbocycles. The second-order valence-electron chi connectivity index (χ2n) is 6.83. The van der Waals surface area contributed by atoms with Crippen LogP contribution in [0.3, 0.4) is 0 Å². The zero-order valence-corrected chi connectivity index (χ0v) is 16.5. The largest absolute Gasteiger partial charge is 0.474 e. The van der Waals surface area contributed by atoms with E-state index < -0.39 is 23.9 Å². The van der Waals surface area contributed by atoms with Gasteiger partial charge in [-0.3, -0.25) is 20.3 Å². The van der Waals surface area contributed by atoms with Crippen LogP contribution in [-0.4, -0.2) is 35.6 Å². The topological polar surface area (TPSA) is 147 Å². The van der Waals surface area contributed by atoms with Crippen molar-refractivity contribution < 1.29 is 33.4 Å². The molecular formula is C22H17N3O7. The van der Waals surface area contributed by atoms with E-state index in [1.54, 1.807) is 0 Å². The van der Waals surface area contributed by atoms with Gasteiger partial charge in [0.1, 0.15) is 6.61 Å². The molecule has 4 rings (SSSR count). The molecule has 0 spiro atoms. The first-order valence-corrected chi connectivity index (χ1v) is 9.49. The summed E-state index contributed by atoms with van der Waals surface area (Å²) in [5, 5.41) is 10.5. The Hall–Kier alpha value is -4.60. The maximum Gasteiger partial charge on any atom is 0.426 e. The number of carboxylic acid groups (broad SMARTS) is 1. The van der Waals surface area contributed by atoms with Gasteiger partial charge in [-0.2, -0.15) is 0 Å². The molecule has 162 valence electrons. The van der Waals surface area contributed by atoms with E-state index >= 15 is 0 Å². The van der Waals surface area contributed by atoms with E-state index in [0.29, 0.717) is 0 Å². The summed E-state index contributed by atoms with van der Waals surface area (Å²) in [6.07, 6.45) is -0.869. The predicted molar refractivity (Wildman–Crippen MR) is 111 cm³/mol. The number of ether oxygens (including phenoxy) is 1. The van der Waals surface area contributed by atoms with E-state index in [1.165, 1.54) is 12.1 Å². The number of carboxylic acids is 1. The second kappa shape index (κ2) is 8.64. The average Bonchev–Trinajstić information content (AvgIpc) is 3.39. The third kappa shape index (κ3) is 4.15. The van der Waals surface area contributed by atoms with Crippen LogP contribution in [0.1, 0.15) is 27.6 Å². The molecule has 0 fully saturated rings. The maximum atomic E-state index is 12.1. The van der Waals surface area contributed by atoms with Gasteiger partial charge < -0.3 is 14.3 Å². The lowest BCUT2D eigenvalue weighted by Crippen LogP contribution is -2.42. The minimum atomic E-state index is -1.70. The second-order valence-corrected chi connectivity index (χ2v) is 6.83. The number of hydrogen-bond acceptors (Lipinski definition) is 6. The molecule has 3 aromatic rings. The minimum absolute atomic E-state index is 0.0713. The zero-order chi connectivity index (χ0) is 22.7. The van der Waals surface area contributed by atoms with Crippen molar-refractivity contribution in [2.45, 2.75) is 5.92 Å². The summed E-state index contributed by atoms with van der Waals surface area (Å²) >= 11 is 0. The van der Waals surface area contributed by atoms with Gasteiger partial charge >= 0.3 is 23.9 Å². The van der Waals surface area contributed by atoms with Crippen LogP contribution >= 0.6 is 0 Å². The van der Waals surface area contributed by atoms with E-state index in [0.717, 1.165) is 22.3 Å². The Bertz CT molecular complexity index is 1170. The highest BCUT2D eigenvalue weighted by Gasteiger charge is 2.29. The first-order chi connectivity index (χ1) is 15.4. The van der Waals surface area contributed by atoms with Crippen molar-refractivity contribution >= 4 is 29.8 Å². The van der Waals surface area contributed by atoms with Gasteiger partial charge in [-0.15, -0.1) is 0 Å². The molecule has 10 heteroatoms. The van der Waals surface area contributed by atoms with E-state index in [9.17, 15) is 19.2 Å². The summed E-state index contributed by atoms with van der Waals surface area (Å²) in [7, 11) is 0. The molecule has 1 aromatic heterocycles. The SMILES string of the molecule is O=C(NNC(=O)c1ccc(NC(=O)C(=O)O)o1)OCC1c2ccccc2-c2ccccc21. The van der Waals surface area contributed by atoms with Crippen LogP contribution in [0.15, 0.2) is 65.1 Å². The van der Waals surface area contributed by atoms with Crippen molar-refractivity contribution in [1.82, 2.24) is 10.9 Å². The van der Waals surface area contributed by atoms with Gasteiger partial charge in [-0.25, -0.2) is 15.0 Å². The highest BCUT2D eigenvalue weighted by Crippen LogP contribution is 2.44. The molecule has 4 N–H and O–H groups in total. The molecule has 0 saturated carbocycles. The summed E-state index contributed by atoms with van der Waals surface area (Å²) in [4.78, 5) is 45.8. The molecule has 0 unspecified atom stereocenters. The third-order valence-corrected chi connectivity index (χ3v) is 4.88. The van der Waals surface area contributed by atoms with E-state index in [-0.39, 0.29) is 24.2 Å². The fourth-order valence-corrected chi connectivity index (χ4v) is 3.50. The number of anilines is 1. The quantitative estimate of drug-likeness (QED) is 0.364. The highest BCUT2D eigenvalue weighted by atomic mass is 16.6. The van der Waals surface area contributed by atoms with Crippen LogP contribution in [0.25, 0.3) is 11.1 Å². The molecule has 0 radical (unpaired) electrons. The van der Waals surface area contributed by atoms with Gasteiger partial charge in [-0.05, 0) is 28.3 Å². The van der Waals surface area contributed by atoms with Crippen molar-refractivity contribution in [1.29, 1.82) is 0 Å². The summed E-state index contributed by atoms with van der Waals surface area (Å²) in [6, 6.07) is 18.2. The zero-order valence-electron chi connectivity index (χ0n) is 16.5. The molecule has 1 heterocycles. The van der Waals surface area contributed by atoms with E-state index in [4.69, 9.17) is 14.3 Å². The van der Waals surface area contributed by atoms with Crippen molar-refractivity contribution in [3.05, 3.63) is 77.6 Å². The average molecular weight is 435 g/mol. The lowest BCUT2D eigenvalue weighted by Gasteiger charge is -2.14. The third-order valence-electron chi connectivity index (χ3n) is 4.88. The van der Waals surface area contributed by atoms with Crippen LogP contribution in [0.4, 0.5) is 10.7 Å². The van der Waals surface area contributed by atoms with Gasteiger partial charge in [0.05, 0.1) is 0 Å². The monoisotopic (exact) mass is 435 g/mol. The highest BCUT2D eigenvalue weighted by molar-refractivity contribution is 6.36. The van der Waals surface area contributed by atoms with Crippen molar-refractivity contribution in [2.75, 3.05) is 11.9 Å². The normalized spacial score (nSPS) is 11.8. The van der Waals surface area contributed by atoms with Crippen LogP contribution in [0.5, 0.6) is 0 Å². The molecule has 0 saturated heterocycles. The van der Waals surface area contributed by atoms with Crippen molar-refractivity contribution in [3.8, 4) is 11.1 Å². The van der Waals surface area contributed by atoms with Gasteiger partial charge in [0.2, 0.25) is 5.88 Å². The van der Waals surface area contributed by atoms with Gasteiger partial charge in [0.15, 0.2) is 5.76 Å². The molecule has 10 nitrogen and oxygen atoms in total. The molecule has 0 bridgehead atoms. The standard InChI is InChI=1S/C22H17N3O7/c26-19(17-9-10-18(32-17)23-20(27)21(28)29)24-25-22(30)31-11-16-14-7-3-1-5-12(14)13-6-2-4-8-15(13)16/h1-10,16H,11H2,(H,23,27)(H,24,26)(H,25,30)(H,28,29). The smallest absolute Gasteiger partial charge is 0.426 e. The van der Waals surface area contributed by atoms with Crippen LogP contribution in [0, 0.1) is 0 Å². The maximum absolute atomic E-state index is 12.1. The molecule has 1 aliphatic rings. The molecule has 0 aliphatic heterocycles. The first kappa shape index (κ1) is 20.7. The number of furan rings is 1. The number of benzene rings is 2. The molecule has 0 atom stereocenters. The number of rotatable bonds is 4. The number of hydrogen-bond donors (Lipinski definition) is 4. The Morgan fingerprint density at radius 1 is 0.875 bits per heavy atom. The van der Waals surface area contributed by atoms with Gasteiger partial charge in [-0.1, -0.05) is 48.5 Å². The Balaban J connectivity index is 1.32. The lowest BCUT2D eigenvalue weighted by atomic mass is 9.98. The van der Waals surface area contributed by atoms with Crippen LogP contribution in [-0.2, 0) is 14.3 Å². The Kier molecular flexibility index (Phi) is 5.58. The summed E-state index contributed by atoms with van der Waals surface area (Å²) in [5.41, 5.74) is 8.52. The van der Waals surface area contributed by atoms with Gasteiger partial charge in [0.25, 0.3) is 0 Å². The fraction of sp³-hybridized carbons (Fsp3) is 0.0909. The Labute approximate surface area is 181 Å². The van der Waals surface area contributed by atoms with Crippen molar-refractivity contribution in [3.63, 3.8) is 0 Å². The Morgan fingerprint density at radius 3 is 2.12 bits per heavy atom. The van der Waals surface area contributed by atoms with E-state index in [1.807, 2.05) is 53.8 Å². The summed E-state index contributed by atoms with van der Waals surface area (Å²) in [6.45, 7) is 0.0713. The van der Waals surface area contributed by atoms with Crippen molar-refractivity contribution in [2.24, 2.45) is 0 Å². The molecule has 3 amide bonds. The fourth-order valence-electron chi connectivity index (χ4n) is 3.50. The molecular weight excluding hydrogens is 418 g/mol. The number of amides is 3. The number of carbonyl (C=O) groups is 4. The number of carbonyl (C=O) groups excluding carboxylic acids is 3. The summed E-state index contributed by atoms with van der Waals surface area (Å²) < 4.78 is 10.3. The molecule has 2 aromatic carbocycles. The summed E-state index contributed by atoms with van der Waals surface area (Å²) in [5.74, 6) is -4.47. The van der Waals surface area contributed by atoms with Gasteiger partial charge in [0, 0.05) is 12.0 Å². The first-order valence-electron chi connectivity index (χ1n) is 9.49. The van der Waals surface area contributed by atoms with E-state index in [2.05, 4.69) is 10.9 Å². The number of nitrogens with one attached hydrogen (secondary N) is 3. The number of aliphatic carboxylic acids is 1. The predicted octanol–water partition coefficient (Wildman–Crippen LogP) is 2.49. The minimum Gasteiger partial charge on any atom is -0.474 e. The number of hydrazine groups is 1.